The third-order valence-corrected chi connectivity index (χ3v) is 2.60. The van der Waals surface area contributed by atoms with Gasteiger partial charge in [0.15, 0.2) is 6.61 Å². The van der Waals surface area contributed by atoms with Gasteiger partial charge in [-0.05, 0) is 28.1 Å². The van der Waals surface area contributed by atoms with E-state index in [1.54, 1.807) is 18.5 Å². The summed E-state index contributed by atoms with van der Waals surface area (Å²) in [5.41, 5.74) is 1.97. The second kappa shape index (κ2) is 4.37. The predicted molar refractivity (Wildman–Crippen MR) is 62.9 cm³/mol. The largest absolute Gasteiger partial charge is 0.449 e. The van der Waals surface area contributed by atoms with Crippen molar-refractivity contribution in [3.63, 3.8) is 0 Å². The first-order valence-corrected chi connectivity index (χ1v) is 5.25. The Kier molecular flexibility index (Phi) is 2.93. The van der Waals surface area contributed by atoms with Crippen LogP contribution in [-0.2, 0) is 4.74 Å². The molecule has 1 aromatic carbocycles. The van der Waals surface area contributed by atoms with E-state index in [9.17, 15) is 4.79 Å². The Labute approximate surface area is 100 Å². The average Bonchev–Trinajstić information content (AvgIpc) is 2.74. The molecule has 0 spiro atoms. The maximum Gasteiger partial charge on any atom is 0.339 e. The molecule has 0 aliphatic rings. The number of fused-ring (bicyclic) bond motifs is 1. The van der Waals surface area contributed by atoms with Crippen molar-refractivity contribution < 1.29 is 9.53 Å². The van der Waals surface area contributed by atoms with Crippen LogP contribution in [0.5, 0.6) is 0 Å². The highest BCUT2D eigenvalue weighted by Gasteiger charge is 2.11. The lowest BCUT2D eigenvalue weighted by Crippen LogP contribution is -2.05. The van der Waals surface area contributed by atoms with Crippen LogP contribution in [0, 0.1) is 12.3 Å². The minimum absolute atomic E-state index is 0.0303. The summed E-state index contributed by atoms with van der Waals surface area (Å²) in [5.74, 6) is 1.79. The number of nitrogens with zero attached hydrogens (tertiary/aromatic N) is 1. The van der Waals surface area contributed by atoms with Gasteiger partial charge in [-0.1, -0.05) is 5.92 Å². The highest BCUT2D eigenvalue weighted by atomic mass is 79.9. The van der Waals surface area contributed by atoms with Crippen molar-refractivity contribution in [1.82, 2.24) is 9.97 Å². The number of hydrogen-bond acceptors (Lipinski definition) is 3. The molecule has 1 N–H and O–H groups in total. The molecule has 0 aliphatic carbocycles. The number of nitrogens with one attached hydrogen (secondary N) is 1. The summed E-state index contributed by atoms with van der Waals surface area (Å²) in [4.78, 5) is 18.6. The number of aromatic nitrogens is 2. The molecule has 4 nitrogen and oxygen atoms in total. The summed E-state index contributed by atoms with van der Waals surface area (Å²) in [7, 11) is 0. The maximum absolute atomic E-state index is 11.5. The normalized spacial score (nSPS) is 10.0. The first-order valence-electron chi connectivity index (χ1n) is 4.45. The molecule has 0 unspecified atom stereocenters. The van der Waals surface area contributed by atoms with Gasteiger partial charge < -0.3 is 9.72 Å². The Morgan fingerprint density at radius 2 is 2.44 bits per heavy atom. The lowest BCUT2D eigenvalue weighted by Gasteiger charge is -2.02. The summed E-state index contributed by atoms with van der Waals surface area (Å²) in [6, 6.07) is 3.33. The number of halogens is 1. The van der Waals surface area contributed by atoms with Gasteiger partial charge in [-0.15, -0.1) is 6.42 Å². The van der Waals surface area contributed by atoms with E-state index in [1.807, 2.05) is 0 Å². The van der Waals surface area contributed by atoms with Crippen LogP contribution in [0.1, 0.15) is 10.4 Å². The van der Waals surface area contributed by atoms with Gasteiger partial charge in [0.25, 0.3) is 0 Å². The Balaban J connectivity index is 2.38. The lowest BCUT2D eigenvalue weighted by molar-refractivity contribution is 0.0557. The van der Waals surface area contributed by atoms with E-state index in [2.05, 4.69) is 31.8 Å². The zero-order valence-electron chi connectivity index (χ0n) is 8.16. The second-order valence-corrected chi connectivity index (χ2v) is 3.89. The standard InChI is InChI=1S/C11H7BrN2O2/c1-2-3-16-11(15)7-4-8(12)10-9(5-7)13-6-14-10/h1,4-6H,3H2,(H,13,14). The number of carbonyl (C=O) groups is 1. The van der Waals surface area contributed by atoms with E-state index in [1.165, 1.54) is 0 Å². The number of aromatic amines is 1. The van der Waals surface area contributed by atoms with Gasteiger partial charge >= 0.3 is 5.97 Å². The fourth-order valence-electron chi connectivity index (χ4n) is 1.32. The van der Waals surface area contributed by atoms with Gasteiger partial charge in [0.05, 0.1) is 17.4 Å². The summed E-state index contributed by atoms with van der Waals surface area (Å²) in [6.45, 7) is -0.0303. The van der Waals surface area contributed by atoms with Crippen LogP contribution >= 0.6 is 15.9 Å². The topological polar surface area (TPSA) is 55.0 Å². The van der Waals surface area contributed by atoms with Crippen LogP contribution in [0.25, 0.3) is 11.0 Å². The highest BCUT2D eigenvalue weighted by Crippen LogP contribution is 2.23. The summed E-state index contributed by atoms with van der Waals surface area (Å²) >= 11 is 3.33. The Morgan fingerprint density at radius 1 is 1.62 bits per heavy atom. The molecule has 5 heteroatoms. The number of H-pyrrole nitrogens is 1. The molecule has 1 aromatic heterocycles. The van der Waals surface area contributed by atoms with Gasteiger partial charge in [0, 0.05) is 4.47 Å². The molecular weight excluding hydrogens is 272 g/mol. The second-order valence-electron chi connectivity index (χ2n) is 3.04. The molecule has 16 heavy (non-hydrogen) atoms. The minimum Gasteiger partial charge on any atom is -0.449 e. The van der Waals surface area contributed by atoms with Crippen LogP contribution in [0.2, 0.25) is 0 Å². The van der Waals surface area contributed by atoms with Crippen molar-refractivity contribution in [3.05, 3.63) is 28.5 Å². The van der Waals surface area contributed by atoms with Crippen molar-refractivity contribution in [2.75, 3.05) is 6.61 Å². The molecule has 2 aromatic rings. The van der Waals surface area contributed by atoms with Crippen LogP contribution in [-0.4, -0.2) is 22.5 Å². The molecule has 0 radical (unpaired) electrons. The molecule has 0 saturated carbocycles. The fourth-order valence-corrected chi connectivity index (χ4v) is 1.88. The average molecular weight is 279 g/mol. The first kappa shape index (κ1) is 10.7. The number of ether oxygens (including phenoxy) is 1. The molecule has 0 aliphatic heterocycles. The number of rotatable bonds is 2. The minimum atomic E-state index is -0.449. The molecule has 0 fully saturated rings. The Morgan fingerprint density at radius 3 is 3.19 bits per heavy atom. The van der Waals surface area contributed by atoms with E-state index >= 15 is 0 Å². The van der Waals surface area contributed by atoms with Crippen molar-refractivity contribution in [1.29, 1.82) is 0 Å². The molecule has 1 heterocycles. The smallest absolute Gasteiger partial charge is 0.339 e. The molecule has 0 atom stereocenters. The molecule has 2 rings (SSSR count). The van der Waals surface area contributed by atoms with Crippen molar-refractivity contribution in [2.45, 2.75) is 0 Å². The quantitative estimate of drug-likeness (QED) is 0.676. The van der Waals surface area contributed by atoms with Gasteiger partial charge in [-0.25, -0.2) is 9.78 Å². The monoisotopic (exact) mass is 278 g/mol. The van der Waals surface area contributed by atoms with E-state index in [4.69, 9.17) is 11.2 Å². The van der Waals surface area contributed by atoms with Gasteiger partial charge in [0.2, 0.25) is 0 Å². The maximum atomic E-state index is 11.5. The van der Waals surface area contributed by atoms with Gasteiger partial charge in [0.1, 0.15) is 5.52 Å². The number of hydrogen-bond donors (Lipinski definition) is 1. The van der Waals surface area contributed by atoms with E-state index in [0.717, 1.165) is 15.5 Å². The number of terminal acetylenes is 1. The lowest BCUT2D eigenvalue weighted by atomic mass is 10.2. The van der Waals surface area contributed by atoms with Crippen LogP contribution in [0.4, 0.5) is 0 Å². The van der Waals surface area contributed by atoms with E-state index in [-0.39, 0.29) is 6.61 Å². The third kappa shape index (κ3) is 1.92. The molecule has 80 valence electrons. The van der Waals surface area contributed by atoms with Crippen molar-refractivity contribution >= 4 is 32.9 Å². The predicted octanol–water partition coefficient (Wildman–Crippen LogP) is 2.12. The fraction of sp³-hybridized carbons (Fsp3) is 0.0909. The number of esters is 1. The Hall–Kier alpha value is -1.80. The third-order valence-electron chi connectivity index (χ3n) is 2.00. The summed E-state index contributed by atoms with van der Waals surface area (Å²) < 4.78 is 5.56. The van der Waals surface area contributed by atoms with Crippen LogP contribution in [0.15, 0.2) is 22.9 Å². The van der Waals surface area contributed by atoms with Crippen LogP contribution < -0.4 is 0 Å². The molecular formula is C11H7BrN2O2. The SMILES string of the molecule is C#CCOC(=O)c1cc(Br)c2nc[nH]c2c1. The van der Waals surface area contributed by atoms with Gasteiger partial charge in [-0.3, -0.25) is 0 Å². The number of imidazole rings is 1. The first-order chi connectivity index (χ1) is 7.72. The zero-order valence-corrected chi connectivity index (χ0v) is 9.74. The van der Waals surface area contributed by atoms with Crippen molar-refractivity contribution in [2.24, 2.45) is 0 Å². The van der Waals surface area contributed by atoms with Gasteiger partial charge in [-0.2, -0.15) is 0 Å². The number of carbonyl (C=O) groups excluding carboxylic acids is 1. The van der Waals surface area contributed by atoms with Crippen molar-refractivity contribution in [3.8, 4) is 12.3 Å². The van der Waals surface area contributed by atoms with E-state index < -0.39 is 5.97 Å². The summed E-state index contributed by atoms with van der Waals surface area (Å²) in [6.07, 6.45) is 6.57. The highest BCUT2D eigenvalue weighted by molar-refractivity contribution is 9.10. The molecule has 0 saturated heterocycles. The van der Waals surface area contributed by atoms with E-state index in [0.29, 0.717) is 5.56 Å². The zero-order chi connectivity index (χ0) is 11.5. The Bertz CT molecular complexity index is 583. The molecule has 0 amide bonds. The molecule has 0 bridgehead atoms. The van der Waals surface area contributed by atoms with Crippen LogP contribution in [0.3, 0.4) is 0 Å². The summed E-state index contributed by atoms with van der Waals surface area (Å²) in [5, 5.41) is 0. The number of benzene rings is 1.